The molecule has 1 unspecified atom stereocenters. The zero-order valence-corrected chi connectivity index (χ0v) is 21.3. The first kappa shape index (κ1) is 24.8. The average Bonchev–Trinajstić information content (AvgIpc) is 2.86. The van der Waals surface area contributed by atoms with Gasteiger partial charge < -0.3 is 15.2 Å². The third kappa shape index (κ3) is 4.50. The van der Waals surface area contributed by atoms with Gasteiger partial charge in [-0.2, -0.15) is 5.26 Å². The van der Waals surface area contributed by atoms with Gasteiger partial charge in [0.2, 0.25) is 0 Å². The SMILES string of the molecule is C=C1C(C)=C(c2cccc(C(C)(C)C#N)c2)Oc2c1cc(C)cc2C(C)Nc1ccccc1C(=O)O. The van der Waals surface area contributed by atoms with Crippen molar-refractivity contribution < 1.29 is 14.6 Å². The van der Waals surface area contributed by atoms with Crippen molar-refractivity contribution in [3.8, 4) is 11.8 Å². The molecule has 0 aliphatic carbocycles. The zero-order valence-electron chi connectivity index (χ0n) is 21.3. The Kier molecular flexibility index (Phi) is 6.47. The first-order valence-corrected chi connectivity index (χ1v) is 11.9. The Morgan fingerprint density at radius 1 is 1.11 bits per heavy atom. The topological polar surface area (TPSA) is 82.3 Å². The number of nitrogens with one attached hydrogen (secondary N) is 1. The third-order valence-corrected chi connectivity index (χ3v) is 6.71. The second-order valence-electron chi connectivity index (χ2n) is 9.80. The average molecular weight is 479 g/mol. The molecule has 0 saturated carbocycles. The van der Waals surface area contributed by atoms with Gasteiger partial charge in [0.25, 0.3) is 0 Å². The van der Waals surface area contributed by atoms with Gasteiger partial charge >= 0.3 is 5.97 Å². The first-order chi connectivity index (χ1) is 17.0. The molecule has 0 radical (unpaired) electrons. The van der Waals surface area contributed by atoms with Gasteiger partial charge in [-0.15, -0.1) is 0 Å². The molecule has 1 heterocycles. The highest BCUT2D eigenvalue weighted by molar-refractivity contribution is 5.95. The number of nitrogens with zero attached hydrogens (tertiary/aromatic N) is 1. The molecule has 0 fully saturated rings. The summed E-state index contributed by atoms with van der Waals surface area (Å²) in [6.07, 6.45) is 0. The summed E-state index contributed by atoms with van der Waals surface area (Å²) in [5.41, 5.74) is 6.60. The van der Waals surface area contributed by atoms with E-state index in [0.29, 0.717) is 17.2 Å². The number of ether oxygens (including phenoxy) is 1. The smallest absolute Gasteiger partial charge is 0.337 e. The Morgan fingerprint density at radius 3 is 2.53 bits per heavy atom. The van der Waals surface area contributed by atoms with Crippen LogP contribution in [0.2, 0.25) is 0 Å². The van der Waals surface area contributed by atoms with E-state index in [-0.39, 0.29) is 11.6 Å². The second-order valence-corrected chi connectivity index (χ2v) is 9.80. The van der Waals surface area contributed by atoms with E-state index in [1.807, 2.05) is 65.0 Å². The van der Waals surface area contributed by atoms with Gasteiger partial charge in [0, 0.05) is 22.4 Å². The van der Waals surface area contributed by atoms with Crippen LogP contribution in [0.15, 0.2) is 72.8 Å². The van der Waals surface area contributed by atoms with Crippen LogP contribution in [-0.4, -0.2) is 11.1 Å². The van der Waals surface area contributed by atoms with Crippen LogP contribution in [0.4, 0.5) is 5.69 Å². The molecular formula is C31H30N2O3. The second kappa shape index (κ2) is 9.39. The molecule has 3 aromatic carbocycles. The number of hydrogen-bond acceptors (Lipinski definition) is 4. The van der Waals surface area contributed by atoms with Gasteiger partial charge in [-0.1, -0.05) is 43.0 Å². The van der Waals surface area contributed by atoms with Crippen LogP contribution in [0, 0.1) is 18.3 Å². The number of carbonyl (C=O) groups is 1. The molecule has 1 atom stereocenters. The molecule has 5 nitrogen and oxygen atoms in total. The summed E-state index contributed by atoms with van der Waals surface area (Å²) in [4.78, 5) is 11.7. The highest BCUT2D eigenvalue weighted by atomic mass is 16.5. The van der Waals surface area contributed by atoms with E-state index in [1.165, 1.54) is 0 Å². The number of carboxylic acid groups (broad SMARTS) is 1. The number of nitriles is 1. The Morgan fingerprint density at radius 2 is 1.83 bits per heavy atom. The van der Waals surface area contributed by atoms with E-state index in [9.17, 15) is 15.2 Å². The fraction of sp³-hybridized carbons (Fsp3) is 0.226. The fourth-order valence-electron chi connectivity index (χ4n) is 4.47. The van der Waals surface area contributed by atoms with Crippen LogP contribution in [0.3, 0.4) is 0 Å². The van der Waals surface area contributed by atoms with Crippen molar-refractivity contribution in [2.24, 2.45) is 0 Å². The summed E-state index contributed by atoms with van der Waals surface area (Å²) >= 11 is 0. The molecule has 182 valence electrons. The van der Waals surface area contributed by atoms with E-state index in [4.69, 9.17) is 4.74 Å². The molecule has 1 aliphatic rings. The molecule has 0 aromatic heterocycles. The monoisotopic (exact) mass is 478 g/mol. The van der Waals surface area contributed by atoms with Crippen LogP contribution in [0.5, 0.6) is 5.75 Å². The summed E-state index contributed by atoms with van der Waals surface area (Å²) in [7, 11) is 0. The van der Waals surface area contributed by atoms with Gasteiger partial charge in [-0.3, -0.25) is 0 Å². The van der Waals surface area contributed by atoms with E-state index in [0.717, 1.165) is 39.0 Å². The maximum absolute atomic E-state index is 11.7. The van der Waals surface area contributed by atoms with Crippen molar-refractivity contribution in [3.05, 3.63) is 106 Å². The largest absolute Gasteiger partial charge is 0.478 e. The normalized spacial score (nSPS) is 13.9. The fourth-order valence-corrected chi connectivity index (χ4v) is 4.47. The first-order valence-electron chi connectivity index (χ1n) is 11.9. The lowest BCUT2D eigenvalue weighted by Gasteiger charge is -2.29. The van der Waals surface area contributed by atoms with Crippen molar-refractivity contribution in [1.82, 2.24) is 0 Å². The Balaban J connectivity index is 1.78. The van der Waals surface area contributed by atoms with Gasteiger partial charge in [-0.05, 0) is 81.2 Å². The number of aryl methyl sites for hydroxylation is 1. The lowest BCUT2D eigenvalue weighted by atomic mass is 9.84. The van der Waals surface area contributed by atoms with Crippen LogP contribution < -0.4 is 10.1 Å². The number of allylic oxidation sites excluding steroid dienone is 2. The predicted molar refractivity (Wildman–Crippen MR) is 144 cm³/mol. The number of anilines is 1. The number of para-hydroxylation sites is 1. The van der Waals surface area contributed by atoms with Crippen LogP contribution in [0.1, 0.15) is 71.9 Å². The minimum atomic E-state index is -0.984. The Labute approximate surface area is 212 Å². The lowest BCUT2D eigenvalue weighted by Crippen LogP contribution is -2.16. The lowest BCUT2D eigenvalue weighted by molar-refractivity contribution is 0.0698. The number of fused-ring (bicyclic) bond motifs is 1. The molecular weight excluding hydrogens is 448 g/mol. The van der Waals surface area contributed by atoms with E-state index in [2.05, 4.69) is 30.1 Å². The van der Waals surface area contributed by atoms with Gasteiger partial charge in [0.1, 0.15) is 11.5 Å². The maximum Gasteiger partial charge on any atom is 0.337 e. The van der Waals surface area contributed by atoms with Crippen molar-refractivity contribution in [1.29, 1.82) is 5.26 Å². The summed E-state index contributed by atoms with van der Waals surface area (Å²) in [5.74, 6) is 0.414. The summed E-state index contributed by atoms with van der Waals surface area (Å²) in [6.45, 7) is 14.2. The quantitative estimate of drug-likeness (QED) is 0.383. The number of benzene rings is 3. The van der Waals surface area contributed by atoms with E-state index in [1.54, 1.807) is 18.2 Å². The third-order valence-electron chi connectivity index (χ3n) is 6.71. The molecule has 5 heteroatoms. The van der Waals surface area contributed by atoms with Gasteiger partial charge in [0.15, 0.2) is 0 Å². The molecule has 4 rings (SSSR count). The standard InChI is InChI=1S/C31H30N2O3/c1-18-14-25-19(2)20(3)28(22-10-9-11-23(16-22)31(5,6)17-32)36-29(25)26(15-18)21(4)33-27-13-8-7-12-24(27)30(34)35/h7-16,21,33H,2H2,1,3-6H3,(H,34,35). The zero-order chi connectivity index (χ0) is 26.2. The minimum absolute atomic E-state index is 0.213. The predicted octanol–water partition coefficient (Wildman–Crippen LogP) is 7.50. The summed E-state index contributed by atoms with van der Waals surface area (Å²) in [5, 5.41) is 22.6. The number of carboxylic acids is 1. The number of hydrogen-bond donors (Lipinski definition) is 2. The minimum Gasteiger partial charge on any atom is -0.478 e. The molecule has 36 heavy (non-hydrogen) atoms. The van der Waals surface area contributed by atoms with Crippen LogP contribution >= 0.6 is 0 Å². The van der Waals surface area contributed by atoms with Gasteiger partial charge in [-0.25, -0.2) is 4.79 Å². The summed E-state index contributed by atoms with van der Waals surface area (Å²) < 4.78 is 6.60. The number of aromatic carboxylic acids is 1. The Hall–Kier alpha value is -4.30. The highest BCUT2D eigenvalue weighted by Gasteiger charge is 2.28. The van der Waals surface area contributed by atoms with Crippen LogP contribution in [0.25, 0.3) is 11.3 Å². The molecule has 0 bridgehead atoms. The molecule has 3 aromatic rings. The maximum atomic E-state index is 11.7. The van der Waals surface area contributed by atoms with Crippen molar-refractivity contribution in [2.75, 3.05) is 5.32 Å². The van der Waals surface area contributed by atoms with Crippen LogP contribution in [-0.2, 0) is 5.41 Å². The number of rotatable bonds is 6. The Bertz CT molecular complexity index is 1460. The van der Waals surface area contributed by atoms with E-state index >= 15 is 0 Å². The van der Waals surface area contributed by atoms with Crippen molar-refractivity contribution in [3.63, 3.8) is 0 Å². The molecule has 2 N–H and O–H groups in total. The van der Waals surface area contributed by atoms with E-state index < -0.39 is 11.4 Å². The van der Waals surface area contributed by atoms with Crippen molar-refractivity contribution >= 4 is 23.0 Å². The van der Waals surface area contributed by atoms with Crippen molar-refractivity contribution in [2.45, 2.75) is 46.1 Å². The highest BCUT2D eigenvalue weighted by Crippen LogP contribution is 2.45. The molecule has 0 amide bonds. The molecule has 1 aliphatic heterocycles. The van der Waals surface area contributed by atoms with Gasteiger partial charge in [0.05, 0.1) is 23.1 Å². The summed E-state index contributed by atoms with van der Waals surface area (Å²) in [6, 6.07) is 21.0. The molecule has 0 spiro atoms. The molecule has 0 saturated heterocycles.